The maximum Gasteiger partial charge on any atom is 0.241 e. The van der Waals surface area contributed by atoms with Crippen molar-refractivity contribution in [2.24, 2.45) is 5.41 Å². The Bertz CT molecular complexity index is 1200. The molecule has 0 unspecified atom stereocenters. The predicted molar refractivity (Wildman–Crippen MR) is 111 cm³/mol. The molecule has 162 valence electrons. The van der Waals surface area contributed by atoms with Crippen molar-refractivity contribution >= 4 is 15.8 Å². The first-order valence-electron chi connectivity index (χ1n) is 9.95. The van der Waals surface area contributed by atoms with Crippen LogP contribution in [-0.2, 0) is 10.0 Å². The van der Waals surface area contributed by atoms with Crippen LogP contribution in [-0.4, -0.2) is 23.9 Å². The zero-order valence-electron chi connectivity index (χ0n) is 16.9. The number of hydrazine groups is 3. The van der Waals surface area contributed by atoms with Gasteiger partial charge in [-0.15, -0.1) is 0 Å². The molecule has 1 aliphatic heterocycles. The number of sulfonamides is 1. The van der Waals surface area contributed by atoms with Crippen LogP contribution in [0.2, 0.25) is 0 Å². The van der Waals surface area contributed by atoms with Crippen LogP contribution in [0.1, 0.15) is 43.1 Å². The number of nitrogens with two attached hydrogens (primary N) is 1. The number of nitrogens with one attached hydrogen (secondary N) is 5. The molecule has 4 aliphatic rings. The van der Waals surface area contributed by atoms with Gasteiger partial charge in [0.25, 0.3) is 0 Å². The number of aryl methyl sites for hydroxylation is 1. The summed E-state index contributed by atoms with van der Waals surface area (Å²) in [6.45, 7) is 1.88. The molecule has 7 N–H and O–H groups in total. The van der Waals surface area contributed by atoms with Crippen LogP contribution in [0.4, 0.5) is 5.82 Å². The second-order valence-corrected chi connectivity index (χ2v) is 10.3. The summed E-state index contributed by atoms with van der Waals surface area (Å²) in [7, 11) is -3.76. The number of hydrogen-bond donors (Lipinski definition) is 6. The highest BCUT2D eigenvalue weighted by Gasteiger charge is 2.62. The third kappa shape index (κ3) is 3.35. The fraction of sp³-hybridized carbons (Fsp3) is 0.421. The lowest BCUT2D eigenvalue weighted by Gasteiger charge is -2.43. The Morgan fingerprint density at radius 3 is 2.68 bits per heavy atom. The summed E-state index contributed by atoms with van der Waals surface area (Å²) in [5.41, 5.74) is 18.9. The van der Waals surface area contributed by atoms with E-state index in [1.54, 1.807) is 18.2 Å². The van der Waals surface area contributed by atoms with Gasteiger partial charge in [-0.05, 0) is 50.3 Å². The lowest BCUT2D eigenvalue weighted by molar-refractivity contribution is 0.161. The van der Waals surface area contributed by atoms with Crippen molar-refractivity contribution in [2.45, 2.75) is 49.2 Å². The van der Waals surface area contributed by atoms with Crippen LogP contribution in [0.3, 0.4) is 0 Å². The van der Waals surface area contributed by atoms with Gasteiger partial charge < -0.3 is 5.73 Å². The van der Waals surface area contributed by atoms with Gasteiger partial charge in [0.05, 0.1) is 28.3 Å². The van der Waals surface area contributed by atoms with Crippen LogP contribution in [0.15, 0.2) is 29.3 Å². The van der Waals surface area contributed by atoms with Crippen LogP contribution in [0.25, 0.3) is 11.3 Å². The van der Waals surface area contributed by atoms with E-state index in [0.717, 1.165) is 12.0 Å². The minimum atomic E-state index is -3.76. The molecule has 0 spiro atoms. The molecule has 0 atom stereocenters. The minimum Gasteiger partial charge on any atom is -0.382 e. The number of anilines is 1. The molecule has 4 fully saturated rings. The van der Waals surface area contributed by atoms with Gasteiger partial charge in [0.1, 0.15) is 17.7 Å². The van der Waals surface area contributed by atoms with Crippen molar-refractivity contribution in [3.63, 3.8) is 0 Å². The van der Waals surface area contributed by atoms with Gasteiger partial charge in [-0.3, -0.25) is 0 Å². The Kier molecular flexibility index (Phi) is 4.52. The van der Waals surface area contributed by atoms with Gasteiger partial charge in [-0.25, -0.2) is 34.0 Å². The summed E-state index contributed by atoms with van der Waals surface area (Å²) in [5, 5.41) is 9.34. The Labute approximate surface area is 179 Å². The maximum absolute atomic E-state index is 13.1. The van der Waals surface area contributed by atoms with Crippen LogP contribution in [0, 0.1) is 23.7 Å². The fourth-order valence-electron chi connectivity index (χ4n) is 4.87. The molecule has 3 saturated carbocycles. The molecule has 0 amide bonds. The van der Waals surface area contributed by atoms with E-state index in [1.807, 2.05) is 6.92 Å². The quantitative estimate of drug-likeness (QED) is 0.378. The van der Waals surface area contributed by atoms with Crippen LogP contribution < -0.4 is 32.4 Å². The molecular formula is C19H23N9O2S. The first-order valence-corrected chi connectivity index (χ1v) is 11.4. The Balaban J connectivity index is 1.46. The lowest BCUT2D eigenvalue weighted by Crippen LogP contribution is -2.55. The number of nitrogens with zero attached hydrogens (tertiary/aromatic N) is 3. The fourth-order valence-corrected chi connectivity index (χ4v) is 6.32. The molecule has 3 aliphatic carbocycles. The summed E-state index contributed by atoms with van der Waals surface area (Å²) in [6.07, 6.45) is 3.71. The second-order valence-electron chi connectivity index (χ2n) is 8.61. The summed E-state index contributed by atoms with van der Waals surface area (Å²) < 4.78 is 29.2. The Morgan fingerprint density at radius 1 is 1.26 bits per heavy atom. The van der Waals surface area contributed by atoms with Gasteiger partial charge in [0.2, 0.25) is 10.0 Å². The zero-order valence-corrected chi connectivity index (χ0v) is 17.7. The third-order valence-corrected chi connectivity index (χ3v) is 7.99. The molecule has 11 nitrogen and oxygen atoms in total. The van der Waals surface area contributed by atoms with Crippen molar-refractivity contribution in [3.8, 4) is 17.3 Å². The van der Waals surface area contributed by atoms with Gasteiger partial charge in [-0.1, -0.05) is 6.07 Å². The maximum atomic E-state index is 13.1. The highest BCUT2D eigenvalue weighted by Crippen LogP contribution is 2.61. The van der Waals surface area contributed by atoms with Crippen molar-refractivity contribution in [3.05, 3.63) is 35.7 Å². The molecule has 2 heterocycles. The summed E-state index contributed by atoms with van der Waals surface area (Å²) in [5.74, 6) is 0.258. The topological polar surface area (TPSA) is 170 Å². The lowest BCUT2D eigenvalue weighted by atomic mass is 9.66. The zero-order chi connectivity index (χ0) is 21.9. The summed E-state index contributed by atoms with van der Waals surface area (Å²) >= 11 is 0. The van der Waals surface area contributed by atoms with E-state index in [0.29, 0.717) is 36.2 Å². The molecular weight excluding hydrogens is 418 g/mol. The van der Waals surface area contributed by atoms with E-state index >= 15 is 0 Å². The smallest absolute Gasteiger partial charge is 0.241 e. The largest absolute Gasteiger partial charge is 0.382 e. The van der Waals surface area contributed by atoms with Crippen LogP contribution >= 0.6 is 0 Å². The van der Waals surface area contributed by atoms with E-state index in [-0.39, 0.29) is 16.1 Å². The third-order valence-electron chi connectivity index (χ3n) is 6.42. The first kappa shape index (κ1) is 20.3. The van der Waals surface area contributed by atoms with Crippen molar-refractivity contribution in [1.29, 1.82) is 5.26 Å². The normalized spacial score (nSPS) is 27.7. The monoisotopic (exact) mass is 441 g/mol. The van der Waals surface area contributed by atoms with Crippen molar-refractivity contribution < 1.29 is 8.42 Å². The highest BCUT2D eigenvalue weighted by molar-refractivity contribution is 7.89. The number of aromatic nitrogens is 2. The van der Waals surface area contributed by atoms with E-state index in [1.165, 1.54) is 6.20 Å². The molecule has 0 radical (unpaired) electrons. The predicted octanol–water partition coefficient (Wildman–Crippen LogP) is 0.265. The van der Waals surface area contributed by atoms with E-state index < -0.39 is 21.7 Å². The van der Waals surface area contributed by atoms with E-state index in [4.69, 9.17) is 5.73 Å². The molecule has 31 heavy (non-hydrogen) atoms. The number of nitrogen functional groups attached to an aromatic ring is 1. The number of hydrogen-bond acceptors (Lipinski definition) is 10. The average molecular weight is 442 g/mol. The number of benzene rings is 1. The summed E-state index contributed by atoms with van der Waals surface area (Å²) in [6, 6.07) is 7.29. The molecule has 1 aromatic heterocycles. The Hall–Kier alpha value is -2.66. The SMILES string of the molecule is Cc1ccc(S(=O)(=O)NC23CCC(C#N)(C2)C3)cc1-c1cnc(N)c(C2NNNN2)n1. The molecule has 1 saturated heterocycles. The Morgan fingerprint density at radius 2 is 2.00 bits per heavy atom. The molecule has 1 aromatic carbocycles. The molecule has 12 heteroatoms. The first-order chi connectivity index (χ1) is 14.7. The van der Waals surface area contributed by atoms with Gasteiger partial charge in [0.15, 0.2) is 0 Å². The number of rotatable bonds is 5. The standard InChI is InChI=1S/C19H23N9O2S/c1-11-2-3-12(31(29,30)26-19-5-4-18(8-19,9-19)10-20)6-13(11)14-7-22-16(21)15(23-14)17-24-27-28-25-17/h2-3,6-7,17,24-28H,4-5,8-9H2,1H3,(H2,21,22). The average Bonchev–Trinajstić information content (AvgIpc) is 3.44. The van der Waals surface area contributed by atoms with Crippen molar-refractivity contribution in [1.82, 2.24) is 36.6 Å². The summed E-state index contributed by atoms with van der Waals surface area (Å²) in [4.78, 5) is 9.00. The van der Waals surface area contributed by atoms with Gasteiger partial charge in [-0.2, -0.15) is 16.3 Å². The van der Waals surface area contributed by atoms with Crippen LogP contribution in [0.5, 0.6) is 0 Å². The van der Waals surface area contributed by atoms with Gasteiger partial charge in [0, 0.05) is 11.1 Å². The molecule has 6 rings (SSSR count). The van der Waals surface area contributed by atoms with E-state index in [2.05, 4.69) is 42.7 Å². The highest BCUT2D eigenvalue weighted by atomic mass is 32.2. The number of fused-ring (bicyclic) bond motifs is 1. The van der Waals surface area contributed by atoms with Gasteiger partial charge >= 0.3 is 0 Å². The molecule has 2 bridgehead atoms. The second kappa shape index (κ2) is 6.92. The minimum absolute atomic E-state index is 0.157. The number of nitriles is 1. The van der Waals surface area contributed by atoms with E-state index in [9.17, 15) is 13.7 Å². The molecule has 2 aromatic rings. The van der Waals surface area contributed by atoms with Crippen molar-refractivity contribution in [2.75, 3.05) is 5.73 Å².